The quantitative estimate of drug-likeness (QED) is 0.875. The number of rotatable bonds is 6. The van der Waals surface area contributed by atoms with E-state index in [1.54, 1.807) is 11.0 Å². The minimum absolute atomic E-state index is 0.187. The average Bonchev–Trinajstić information content (AvgIpc) is 2.97. The highest BCUT2D eigenvalue weighted by Gasteiger charge is 2.09. The number of hydrogen-bond donors (Lipinski definition) is 1. The third kappa shape index (κ3) is 3.22. The Balaban J connectivity index is 2.24. The minimum Gasteiger partial charge on any atom is -0.310 e. The number of hydrogen-bond acceptors (Lipinski definition) is 4. The normalized spacial score (nSPS) is 12.1. The molecule has 0 aliphatic carbocycles. The lowest BCUT2D eigenvalue weighted by molar-refractivity contribution is 0.518. The molecule has 0 aliphatic heterocycles. The van der Waals surface area contributed by atoms with Gasteiger partial charge in [-0.1, -0.05) is 26.0 Å². The Kier molecular flexibility index (Phi) is 4.85. The predicted octanol–water partition coefficient (Wildman–Crippen LogP) is 2.59. The molecule has 5 nitrogen and oxygen atoms in total. The predicted molar refractivity (Wildman–Crippen MR) is 77.4 cm³/mol. The Morgan fingerprint density at radius 3 is 2.90 bits per heavy atom. The first kappa shape index (κ1) is 14.2. The highest BCUT2D eigenvalue weighted by atomic mass is 15.3. The Morgan fingerprint density at radius 1 is 1.40 bits per heavy atom. The lowest BCUT2D eigenvalue weighted by atomic mass is 10.0. The molecule has 0 saturated carbocycles. The molecule has 0 bridgehead atoms. The molecule has 0 spiro atoms. The molecule has 0 radical (unpaired) electrons. The summed E-state index contributed by atoms with van der Waals surface area (Å²) >= 11 is 0. The van der Waals surface area contributed by atoms with Crippen molar-refractivity contribution in [3.8, 4) is 11.8 Å². The van der Waals surface area contributed by atoms with Crippen LogP contribution in [0.5, 0.6) is 0 Å². The molecule has 104 valence electrons. The van der Waals surface area contributed by atoms with Crippen LogP contribution in [0.2, 0.25) is 0 Å². The zero-order valence-electron chi connectivity index (χ0n) is 11.9. The van der Waals surface area contributed by atoms with E-state index in [-0.39, 0.29) is 5.82 Å². The zero-order valence-corrected chi connectivity index (χ0v) is 11.9. The fraction of sp³-hybridized carbons (Fsp3) is 0.400. The van der Waals surface area contributed by atoms with E-state index in [2.05, 4.69) is 41.4 Å². The van der Waals surface area contributed by atoms with Crippen molar-refractivity contribution < 1.29 is 0 Å². The summed E-state index contributed by atoms with van der Waals surface area (Å²) in [5.74, 6) is 0.187. The molecule has 1 unspecified atom stereocenters. The Hall–Kier alpha value is -2.19. The first-order valence-electron chi connectivity index (χ1n) is 6.94. The van der Waals surface area contributed by atoms with Crippen molar-refractivity contribution in [2.45, 2.75) is 32.7 Å². The lowest BCUT2D eigenvalue weighted by Gasteiger charge is -2.17. The summed E-state index contributed by atoms with van der Waals surface area (Å²) in [7, 11) is 0. The second-order valence-corrected chi connectivity index (χ2v) is 4.63. The summed E-state index contributed by atoms with van der Waals surface area (Å²) in [6.45, 7) is 5.34. The molecule has 0 fully saturated rings. The van der Waals surface area contributed by atoms with Gasteiger partial charge in [-0.3, -0.25) is 0 Å². The Bertz CT molecular complexity index is 596. The number of benzene rings is 1. The van der Waals surface area contributed by atoms with E-state index >= 15 is 0 Å². The van der Waals surface area contributed by atoms with Crippen LogP contribution in [0.4, 0.5) is 0 Å². The van der Waals surface area contributed by atoms with Gasteiger partial charge < -0.3 is 5.32 Å². The van der Waals surface area contributed by atoms with Gasteiger partial charge in [-0.25, -0.2) is 9.67 Å². The van der Waals surface area contributed by atoms with Crippen LogP contribution in [0, 0.1) is 11.3 Å². The fourth-order valence-corrected chi connectivity index (χ4v) is 2.14. The van der Waals surface area contributed by atoms with Gasteiger partial charge in [0.1, 0.15) is 12.4 Å². The van der Waals surface area contributed by atoms with Crippen LogP contribution in [0.25, 0.3) is 5.69 Å². The van der Waals surface area contributed by atoms with Crippen molar-refractivity contribution in [1.82, 2.24) is 20.1 Å². The molecule has 1 aromatic carbocycles. The maximum Gasteiger partial charge on any atom is 0.252 e. The molecule has 2 aromatic rings. The molecule has 0 saturated heterocycles. The smallest absolute Gasteiger partial charge is 0.252 e. The van der Waals surface area contributed by atoms with E-state index in [4.69, 9.17) is 5.26 Å². The lowest BCUT2D eigenvalue weighted by Crippen LogP contribution is -2.21. The molecule has 0 aliphatic rings. The van der Waals surface area contributed by atoms with Crippen LogP contribution in [-0.4, -0.2) is 21.3 Å². The van der Waals surface area contributed by atoms with E-state index in [1.165, 1.54) is 5.56 Å². The van der Waals surface area contributed by atoms with E-state index in [0.717, 1.165) is 25.1 Å². The standard InChI is InChI=1S/C15H19N5/c1-3-8-17-14(4-2)12-6-5-7-13(9-12)20-11-18-15(10-16)19-20/h5-7,9,11,14,17H,3-4,8H2,1-2H3. The third-order valence-electron chi connectivity index (χ3n) is 3.18. The van der Waals surface area contributed by atoms with Gasteiger partial charge in [-0.2, -0.15) is 5.26 Å². The van der Waals surface area contributed by atoms with Gasteiger partial charge in [-0.15, -0.1) is 5.10 Å². The molecule has 5 heteroatoms. The van der Waals surface area contributed by atoms with Gasteiger partial charge in [0.2, 0.25) is 0 Å². The topological polar surface area (TPSA) is 66.5 Å². The molecule has 2 rings (SSSR count). The molecular formula is C15H19N5. The van der Waals surface area contributed by atoms with Crippen LogP contribution >= 0.6 is 0 Å². The second kappa shape index (κ2) is 6.83. The van der Waals surface area contributed by atoms with Crippen molar-refractivity contribution in [2.75, 3.05) is 6.54 Å². The summed E-state index contributed by atoms with van der Waals surface area (Å²) in [6.07, 6.45) is 3.72. The van der Waals surface area contributed by atoms with Gasteiger partial charge in [-0.05, 0) is 37.1 Å². The first-order valence-corrected chi connectivity index (χ1v) is 6.94. The Labute approximate surface area is 119 Å². The van der Waals surface area contributed by atoms with E-state index < -0.39 is 0 Å². The average molecular weight is 269 g/mol. The molecule has 1 atom stereocenters. The molecule has 1 aromatic heterocycles. The van der Waals surface area contributed by atoms with Crippen molar-refractivity contribution in [3.63, 3.8) is 0 Å². The van der Waals surface area contributed by atoms with Gasteiger partial charge in [0.05, 0.1) is 5.69 Å². The van der Waals surface area contributed by atoms with E-state index in [1.807, 2.05) is 18.2 Å². The molecular weight excluding hydrogens is 250 g/mol. The summed E-state index contributed by atoms with van der Waals surface area (Å²) < 4.78 is 1.63. The van der Waals surface area contributed by atoms with Crippen LogP contribution in [0.1, 0.15) is 44.1 Å². The minimum atomic E-state index is 0.187. The molecule has 0 amide bonds. The maximum absolute atomic E-state index is 8.78. The number of nitrogens with zero attached hydrogens (tertiary/aromatic N) is 4. The van der Waals surface area contributed by atoms with Gasteiger partial charge in [0.15, 0.2) is 0 Å². The number of aromatic nitrogens is 3. The highest BCUT2D eigenvalue weighted by molar-refractivity contribution is 5.36. The van der Waals surface area contributed by atoms with Crippen molar-refractivity contribution in [1.29, 1.82) is 5.26 Å². The van der Waals surface area contributed by atoms with Gasteiger partial charge in [0.25, 0.3) is 5.82 Å². The number of nitrogens with one attached hydrogen (secondary N) is 1. The van der Waals surface area contributed by atoms with Crippen molar-refractivity contribution in [3.05, 3.63) is 42.0 Å². The maximum atomic E-state index is 8.78. The zero-order chi connectivity index (χ0) is 14.4. The largest absolute Gasteiger partial charge is 0.310 e. The van der Waals surface area contributed by atoms with Crippen LogP contribution in [0.15, 0.2) is 30.6 Å². The van der Waals surface area contributed by atoms with Crippen molar-refractivity contribution in [2.24, 2.45) is 0 Å². The summed E-state index contributed by atoms with van der Waals surface area (Å²) in [6, 6.07) is 10.5. The first-order chi connectivity index (χ1) is 9.78. The fourth-order valence-electron chi connectivity index (χ4n) is 2.14. The second-order valence-electron chi connectivity index (χ2n) is 4.63. The monoisotopic (exact) mass is 269 g/mol. The van der Waals surface area contributed by atoms with Crippen LogP contribution in [-0.2, 0) is 0 Å². The molecule has 20 heavy (non-hydrogen) atoms. The van der Waals surface area contributed by atoms with Crippen LogP contribution in [0.3, 0.4) is 0 Å². The number of nitriles is 1. The summed E-state index contributed by atoms with van der Waals surface area (Å²) in [5.41, 5.74) is 2.15. The van der Waals surface area contributed by atoms with Crippen LogP contribution < -0.4 is 5.32 Å². The van der Waals surface area contributed by atoms with Gasteiger partial charge >= 0.3 is 0 Å². The van der Waals surface area contributed by atoms with E-state index in [0.29, 0.717) is 6.04 Å². The highest BCUT2D eigenvalue weighted by Crippen LogP contribution is 2.19. The summed E-state index contributed by atoms with van der Waals surface area (Å²) in [4.78, 5) is 3.93. The molecule has 1 N–H and O–H groups in total. The van der Waals surface area contributed by atoms with Gasteiger partial charge in [0, 0.05) is 6.04 Å². The Morgan fingerprint density at radius 2 is 2.25 bits per heavy atom. The molecule has 1 heterocycles. The third-order valence-corrected chi connectivity index (χ3v) is 3.18. The summed E-state index contributed by atoms with van der Waals surface area (Å²) in [5, 5.41) is 16.4. The SMILES string of the molecule is CCCNC(CC)c1cccc(-n2cnc(C#N)n2)c1. The van der Waals surface area contributed by atoms with Crippen molar-refractivity contribution >= 4 is 0 Å². The van der Waals surface area contributed by atoms with E-state index in [9.17, 15) is 0 Å².